The number of aliphatic hydroxyl groups is 1. The van der Waals surface area contributed by atoms with Gasteiger partial charge in [-0.3, -0.25) is 14.4 Å². The summed E-state index contributed by atoms with van der Waals surface area (Å²) >= 11 is 0. The minimum absolute atomic E-state index is 0.117. The Kier molecular flexibility index (Phi) is 11.0. The van der Waals surface area contributed by atoms with Gasteiger partial charge in [0.05, 0.1) is 6.61 Å². The molecule has 2 aromatic carbocycles. The minimum atomic E-state index is -1.24. The van der Waals surface area contributed by atoms with Crippen LogP contribution in [-0.4, -0.2) is 58.6 Å². The molecule has 2 aromatic rings. The van der Waals surface area contributed by atoms with Gasteiger partial charge in [0.15, 0.2) is 0 Å². The highest BCUT2D eigenvalue weighted by Crippen LogP contribution is 2.29. The number of amides is 4. The van der Waals surface area contributed by atoms with E-state index < -0.39 is 48.1 Å². The lowest BCUT2D eigenvalue weighted by Crippen LogP contribution is -2.53. The maximum absolute atomic E-state index is 14.0. The molecule has 0 spiro atoms. The standard InChI is InChI=1S/C29H40N4O6/c1-18-11-12-19(2)21(17-18)25(26(36)31-22-10-8-7-9-20(22)3)33(15-16-34)27(37)23(13-14-24(30)35)32-28(38)39-29(4,5)6/h7-12,17,23,25,34H,13-16H2,1-6H3,(H2,30,35)(H,31,36)(H,32,38). The minimum Gasteiger partial charge on any atom is -0.444 e. The number of aryl methyl sites for hydroxylation is 3. The number of primary amides is 1. The van der Waals surface area contributed by atoms with Gasteiger partial charge in [-0.05, 0) is 70.7 Å². The van der Waals surface area contributed by atoms with Crippen molar-refractivity contribution in [2.45, 2.75) is 72.1 Å². The van der Waals surface area contributed by atoms with Gasteiger partial charge in [0, 0.05) is 18.7 Å². The zero-order valence-corrected chi connectivity index (χ0v) is 23.5. The number of nitrogens with two attached hydrogens (primary N) is 1. The van der Waals surface area contributed by atoms with E-state index in [1.165, 1.54) is 4.90 Å². The number of benzene rings is 2. The predicted octanol–water partition coefficient (Wildman–Crippen LogP) is 3.27. The number of nitrogens with one attached hydrogen (secondary N) is 2. The molecule has 10 nitrogen and oxygen atoms in total. The molecule has 0 saturated carbocycles. The first kappa shape index (κ1) is 31.3. The Morgan fingerprint density at radius 3 is 2.28 bits per heavy atom. The average molecular weight is 541 g/mol. The van der Waals surface area contributed by atoms with Crippen molar-refractivity contribution in [3.63, 3.8) is 0 Å². The number of carbonyl (C=O) groups excluding carboxylic acids is 4. The zero-order chi connectivity index (χ0) is 29.3. The topological polar surface area (TPSA) is 151 Å². The van der Waals surface area contributed by atoms with E-state index in [0.717, 1.165) is 16.7 Å². The molecule has 0 fully saturated rings. The van der Waals surface area contributed by atoms with Gasteiger partial charge in [-0.25, -0.2) is 4.79 Å². The van der Waals surface area contributed by atoms with Crippen molar-refractivity contribution < 1.29 is 29.0 Å². The summed E-state index contributed by atoms with van der Waals surface area (Å²) in [7, 11) is 0. The third-order valence-electron chi connectivity index (χ3n) is 5.98. The highest BCUT2D eigenvalue weighted by molar-refractivity contribution is 5.99. The maximum Gasteiger partial charge on any atom is 0.408 e. The Morgan fingerprint density at radius 1 is 1.03 bits per heavy atom. The van der Waals surface area contributed by atoms with E-state index in [2.05, 4.69) is 10.6 Å². The normalized spacial score (nSPS) is 12.7. The Balaban J connectivity index is 2.57. The van der Waals surface area contributed by atoms with Crippen LogP contribution in [-0.2, 0) is 19.1 Å². The highest BCUT2D eigenvalue weighted by atomic mass is 16.6. The highest BCUT2D eigenvalue weighted by Gasteiger charge is 2.37. The second-order valence-corrected chi connectivity index (χ2v) is 10.5. The number of carbonyl (C=O) groups is 4. The zero-order valence-electron chi connectivity index (χ0n) is 23.5. The summed E-state index contributed by atoms with van der Waals surface area (Å²) in [6.45, 7) is 9.93. The molecule has 0 aliphatic carbocycles. The Morgan fingerprint density at radius 2 is 1.69 bits per heavy atom. The summed E-state index contributed by atoms with van der Waals surface area (Å²) in [6.07, 6.45) is -1.17. The van der Waals surface area contributed by atoms with Crippen molar-refractivity contribution in [1.29, 1.82) is 0 Å². The van der Waals surface area contributed by atoms with E-state index in [9.17, 15) is 24.3 Å². The summed E-state index contributed by atoms with van der Waals surface area (Å²) in [5, 5.41) is 15.4. The van der Waals surface area contributed by atoms with Crippen LogP contribution in [0.1, 0.15) is 61.9 Å². The third kappa shape index (κ3) is 9.40. The van der Waals surface area contributed by atoms with Crippen LogP contribution in [0.4, 0.5) is 10.5 Å². The van der Waals surface area contributed by atoms with Crippen LogP contribution < -0.4 is 16.4 Å². The molecule has 0 heterocycles. The fourth-order valence-electron chi connectivity index (χ4n) is 4.09. The molecule has 0 bridgehead atoms. The molecule has 0 aliphatic heterocycles. The van der Waals surface area contributed by atoms with Crippen LogP contribution >= 0.6 is 0 Å². The van der Waals surface area contributed by atoms with Gasteiger partial charge < -0.3 is 31.1 Å². The van der Waals surface area contributed by atoms with Crippen molar-refractivity contribution in [1.82, 2.24) is 10.2 Å². The smallest absolute Gasteiger partial charge is 0.408 e. The van der Waals surface area contributed by atoms with Crippen molar-refractivity contribution in [3.8, 4) is 0 Å². The molecule has 212 valence electrons. The van der Waals surface area contributed by atoms with E-state index in [1.807, 2.05) is 51.1 Å². The molecule has 0 radical (unpaired) electrons. The largest absolute Gasteiger partial charge is 0.444 e. The van der Waals surface area contributed by atoms with Gasteiger partial charge in [0.2, 0.25) is 11.8 Å². The lowest BCUT2D eigenvalue weighted by molar-refractivity contribution is -0.141. The molecule has 0 aliphatic rings. The average Bonchev–Trinajstić information content (AvgIpc) is 2.83. The fraction of sp³-hybridized carbons (Fsp3) is 0.448. The van der Waals surface area contributed by atoms with Crippen LogP contribution in [0.2, 0.25) is 0 Å². The number of anilines is 1. The first-order valence-corrected chi connectivity index (χ1v) is 12.9. The van der Waals surface area contributed by atoms with E-state index >= 15 is 0 Å². The molecule has 0 saturated heterocycles. The Bertz CT molecular complexity index is 1190. The molecule has 2 rings (SSSR count). The van der Waals surface area contributed by atoms with Gasteiger partial charge >= 0.3 is 6.09 Å². The van der Waals surface area contributed by atoms with Crippen molar-refractivity contribution in [2.24, 2.45) is 5.73 Å². The lowest BCUT2D eigenvalue weighted by Gasteiger charge is -2.35. The summed E-state index contributed by atoms with van der Waals surface area (Å²) in [5.41, 5.74) is 8.10. The van der Waals surface area contributed by atoms with Gasteiger partial charge in [0.25, 0.3) is 5.91 Å². The molecule has 5 N–H and O–H groups in total. The van der Waals surface area contributed by atoms with E-state index in [0.29, 0.717) is 11.3 Å². The first-order chi connectivity index (χ1) is 18.2. The summed E-state index contributed by atoms with van der Waals surface area (Å²) in [6, 6.07) is 10.4. The van der Waals surface area contributed by atoms with Gasteiger partial charge in [-0.15, -0.1) is 0 Å². The molecular formula is C29H40N4O6. The number of hydrogen-bond acceptors (Lipinski definition) is 6. The number of nitrogens with zero attached hydrogens (tertiary/aromatic N) is 1. The second-order valence-electron chi connectivity index (χ2n) is 10.5. The molecule has 2 unspecified atom stereocenters. The number of hydrogen-bond donors (Lipinski definition) is 4. The molecular weight excluding hydrogens is 500 g/mol. The van der Waals surface area contributed by atoms with E-state index in [4.69, 9.17) is 10.5 Å². The summed E-state index contributed by atoms with van der Waals surface area (Å²) in [5.74, 6) is -1.82. The number of rotatable bonds is 11. The molecule has 4 amide bonds. The molecule has 39 heavy (non-hydrogen) atoms. The maximum atomic E-state index is 14.0. The number of para-hydroxylation sites is 1. The molecule has 10 heteroatoms. The van der Waals surface area contributed by atoms with Gasteiger partial charge in [-0.1, -0.05) is 42.0 Å². The van der Waals surface area contributed by atoms with Gasteiger partial charge in [-0.2, -0.15) is 0 Å². The second kappa shape index (κ2) is 13.7. The van der Waals surface area contributed by atoms with Crippen LogP contribution in [0.3, 0.4) is 0 Å². The van der Waals surface area contributed by atoms with Crippen molar-refractivity contribution >= 4 is 29.5 Å². The Labute approximate surface area is 229 Å². The summed E-state index contributed by atoms with van der Waals surface area (Å²) < 4.78 is 5.32. The van der Waals surface area contributed by atoms with Crippen LogP contribution in [0.5, 0.6) is 0 Å². The third-order valence-corrected chi connectivity index (χ3v) is 5.98. The van der Waals surface area contributed by atoms with Crippen molar-refractivity contribution in [2.75, 3.05) is 18.5 Å². The number of ether oxygens (including phenoxy) is 1. The monoisotopic (exact) mass is 540 g/mol. The van der Waals surface area contributed by atoms with Crippen LogP contribution in [0.15, 0.2) is 42.5 Å². The van der Waals surface area contributed by atoms with Crippen LogP contribution in [0.25, 0.3) is 0 Å². The lowest BCUT2D eigenvalue weighted by atomic mass is 9.95. The molecule has 0 aromatic heterocycles. The van der Waals surface area contributed by atoms with E-state index in [-0.39, 0.29) is 19.4 Å². The van der Waals surface area contributed by atoms with Crippen LogP contribution in [0, 0.1) is 20.8 Å². The fourth-order valence-corrected chi connectivity index (χ4v) is 4.09. The summed E-state index contributed by atoms with van der Waals surface area (Å²) in [4.78, 5) is 53.3. The quantitative estimate of drug-likeness (QED) is 0.343. The number of alkyl carbamates (subject to hydrolysis) is 1. The van der Waals surface area contributed by atoms with Gasteiger partial charge in [0.1, 0.15) is 17.7 Å². The van der Waals surface area contributed by atoms with E-state index in [1.54, 1.807) is 32.9 Å². The number of aliphatic hydroxyl groups excluding tert-OH is 1. The SMILES string of the molecule is Cc1ccc(C)c(C(C(=O)Nc2ccccc2C)N(CCO)C(=O)C(CCC(N)=O)NC(=O)OC(C)(C)C)c1. The predicted molar refractivity (Wildman–Crippen MR) is 149 cm³/mol. The Hall–Kier alpha value is -3.92. The van der Waals surface area contributed by atoms with Crippen molar-refractivity contribution in [3.05, 3.63) is 64.7 Å². The first-order valence-electron chi connectivity index (χ1n) is 12.9. The molecule has 2 atom stereocenters.